The summed E-state index contributed by atoms with van der Waals surface area (Å²) in [5, 5.41) is 18.4. The van der Waals surface area contributed by atoms with Crippen molar-refractivity contribution in [3.8, 4) is 11.5 Å². The maximum atomic E-state index is 12.6. The van der Waals surface area contributed by atoms with Crippen molar-refractivity contribution in [2.24, 2.45) is 4.99 Å². The monoisotopic (exact) mass is 778 g/mol. The minimum atomic E-state index is -1.09. The largest absolute Gasteiger partial charge is 0.519 e. The average molecular weight is 779 g/mol. The number of H-pyrrole nitrogens is 1. The average Bonchev–Trinajstić information content (AvgIpc) is 3.85. The van der Waals surface area contributed by atoms with Gasteiger partial charge < -0.3 is 39.9 Å². The number of aryl methyl sites for hydroxylation is 1. The molecule has 0 saturated heterocycles. The van der Waals surface area contributed by atoms with Crippen LogP contribution in [-0.4, -0.2) is 46.3 Å². The lowest BCUT2D eigenvalue weighted by Crippen LogP contribution is -2.45. The number of hydrogen-bond acceptors (Lipinski definition) is 13. The van der Waals surface area contributed by atoms with Gasteiger partial charge in [0, 0.05) is 71.7 Å². The number of rotatable bonds is 9. The van der Waals surface area contributed by atoms with E-state index < -0.39 is 36.0 Å². The Labute approximate surface area is 322 Å². The maximum Gasteiger partial charge on any atom is 0.519 e. The summed E-state index contributed by atoms with van der Waals surface area (Å²) in [6.07, 6.45) is 8.74. The molecule has 4 aliphatic rings. The first kappa shape index (κ1) is 38.6. The third-order valence-corrected chi connectivity index (χ3v) is 7.55. The van der Waals surface area contributed by atoms with Crippen LogP contribution in [0, 0.1) is 6.92 Å². The second-order valence-corrected chi connectivity index (χ2v) is 12.3. The van der Waals surface area contributed by atoms with E-state index >= 15 is 0 Å². The van der Waals surface area contributed by atoms with Crippen LogP contribution in [-0.2, 0) is 9.47 Å². The van der Waals surface area contributed by atoms with E-state index in [-0.39, 0.29) is 54.2 Å². The zero-order valence-electron chi connectivity index (χ0n) is 30.2. The second kappa shape index (κ2) is 17.3. The molecule has 1 aromatic carbocycles. The fraction of sp³-hybridized carbons (Fsp3) is 0.135. The minimum Gasteiger partial charge on any atom is -0.410 e. The Hall–Kier alpha value is -8.16. The van der Waals surface area contributed by atoms with Gasteiger partial charge in [0.1, 0.15) is 23.0 Å². The summed E-state index contributed by atoms with van der Waals surface area (Å²) in [4.78, 5) is 84.3. The number of carbonyl (C=O) groups is 5. The number of ether oxygens (including phenoxy) is 4. The molecule has 6 rings (SSSR count). The van der Waals surface area contributed by atoms with Crippen LogP contribution >= 0.6 is 0 Å². The molecule has 2 aromatic rings. The van der Waals surface area contributed by atoms with E-state index in [1.807, 2.05) is 0 Å². The Morgan fingerprint density at radius 2 is 1.35 bits per heavy atom. The maximum absolute atomic E-state index is 12.6. The number of hydrogen-bond donors (Lipinski definition) is 8. The van der Waals surface area contributed by atoms with Gasteiger partial charge in [0.25, 0.3) is 5.56 Å². The summed E-state index contributed by atoms with van der Waals surface area (Å²) < 4.78 is 21.1. The molecule has 0 radical (unpaired) electrons. The number of alkyl carbamates (subject to hydrolysis) is 1. The van der Waals surface area contributed by atoms with Crippen molar-refractivity contribution < 1.29 is 42.9 Å². The number of carbonyl (C=O) groups excluding carboxylic acids is 5. The van der Waals surface area contributed by atoms with Crippen LogP contribution in [0.3, 0.4) is 0 Å². The molecular weight excluding hydrogens is 744 g/mol. The van der Waals surface area contributed by atoms with Crippen molar-refractivity contribution in [3.63, 3.8) is 0 Å². The van der Waals surface area contributed by atoms with Crippen LogP contribution in [0.4, 0.5) is 29.9 Å². The summed E-state index contributed by atoms with van der Waals surface area (Å²) in [7, 11) is 0. The molecule has 292 valence electrons. The zero-order chi connectivity index (χ0) is 40.5. The zero-order valence-corrected chi connectivity index (χ0v) is 30.2. The van der Waals surface area contributed by atoms with Crippen LogP contribution in [0.1, 0.15) is 31.9 Å². The van der Waals surface area contributed by atoms with Gasteiger partial charge in [0.2, 0.25) is 11.9 Å². The van der Waals surface area contributed by atoms with Gasteiger partial charge in [-0.15, -0.1) is 0 Å². The predicted octanol–water partition coefficient (Wildman–Crippen LogP) is 4.42. The van der Waals surface area contributed by atoms with Crippen molar-refractivity contribution in [3.05, 3.63) is 141 Å². The van der Waals surface area contributed by atoms with Gasteiger partial charge in [-0.3, -0.25) is 26.1 Å². The highest BCUT2D eigenvalue weighted by molar-refractivity contribution is 5.98. The molecule has 0 atom stereocenters. The number of guanidine groups is 1. The molecule has 20 heteroatoms. The Morgan fingerprint density at radius 1 is 0.737 bits per heavy atom. The summed E-state index contributed by atoms with van der Waals surface area (Å²) in [6, 6.07) is 5.83. The third-order valence-electron chi connectivity index (χ3n) is 7.55. The highest BCUT2D eigenvalue weighted by Crippen LogP contribution is 2.24. The quantitative estimate of drug-likeness (QED) is 0.130. The molecule has 1 aromatic heterocycles. The Kier molecular flexibility index (Phi) is 11.7. The standard InChI is InChI=1S/C37H34N10O10/c1-19-13-20(2)39-31(38-19)46-33(49)41-22-7-9-24(15-22)43-35(51)54-26-5-4-6-27(17-26)56-37(53)57-29-12-11-28(18-29)55-36(52)44-25-10-8-23(16-25)42-34(50)47-32-40-21(3)14-30(48)45-32/h4-11,13-14,17-18H,1,12,15-16H2,2-3H3,(H,43,51)(H,44,52)(H3,38,39,41,46,49)(H3,40,42,45,47,48,50). The molecule has 8 N–H and O–H groups in total. The Morgan fingerprint density at radius 3 is 2.00 bits per heavy atom. The smallest absolute Gasteiger partial charge is 0.410 e. The number of aliphatic imine (C=N–C) groups is 1. The molecule has 20 nitrogen and oxygen atoms in total. The van der Waals surface area contributed by atoms with Crippen molar-refractivity contribution >= 4 is 42.3 Å². The highest BCUT2D eigenvalue weighted by Gasteiger charge is 2.21. The normalized spacial score (nSPS) is 15.4. The molecule has 0 fully saturated rings. The molecule has 57 heavy (non-hydrogen) atoms. The van der Waals surface area contributed by atoms with Crippen LogP contribution in [0.5, 0.6) is 11.5 Å². The number of allylic oxidation sites excluding steroid dienone is 8. The number of nitrogens with zero attached hydrogens (tertiary/aromatic N) is 2. The van der Waals surface area contributed by atoms with Gasteiger partial charge in [0.15, 0.2) is 0 Å². The number of amides is 6. The Balaban J connectivity index is 0.871. The predicted molar refractivity (Wildman–Crippen MR) is 202 cm³/mol. The molecule has 0 unspecified atom stereocenters. The molecule has 1 aliphatic heterocycles. The van der Waals surface area contributed by atoms with E-state index in [2.05, 4.69) is 58.8 Å². The van der Waals surface area contributed by atoms with E-state index in [1.165, 1.54) is 42.5 Å². The van der Waals surface area contributed by atoms with E-state index in [0.29, 0.717) is 34.2 Å². The Bertz CT molecular complexity index is 2380. The third kappa shape index (κ3) is 11.7. The van der Waals surface area contributed by atoms with Crippen LogP contribution in [0.25, 0.3) is 0 Å². The fourth-order valence-corrected chi connectivity index (χ4v) is 5.31. The molecule has 0 bridgehead atoms. The first-order valence-corrected chi connectivity index (χ1v) is 16.9. The summed E-state index contributed by atoms with van der Waals surface area (Å²) in [5.74, 6) is 0.548. The number of anilines is 1. The van der Waals surface area contributed by atoms with E-state index in [9.17, 15) is 28.8 Å². The number of urea groups is 2. The molecule has 2 heterocycles. The molecule has 3 aliphatic carbocycles. The van der Waals surface area contributed by atoms with Crippen molar-refractivity contribution in [2.75, 3.05) is 5.32 Å². The molecular formula is C37H34N10O10. The summed E-state index contributed by atoms with van der Waals surface area (Å²) in [6.45, 7) is 7.21. The first-order valence-electron chi connectivity index (χ1n) is 16.9. The van der Waals surface area contributed by atoms with Gasteiger partial charge in [-0.25, -0.2) is 29.0 Å². The minimum absolute atomic E-state index is 0.0163. The van der Waals surface area contributed by atoms with Crippen molar-refractivity contribution in [1.29, 1.82) is 0 Å². The number of benzene rings is 1. The van der Waals surface area contributed by atoms with Gasteiger partial charge in [-0.05, 0) is 62.4 Å². The second-order valence-electron chi connectivity index (χ2n) is 12.3. The van der Waals surface area contributed by atoms with Gasteiger partial charge in [-0.1, -0.05) is 12.6 Å². The first-order chi connectivity index (χ1) is 27.3. The summed E-state index contributed by atoms with van der Waals surface area (Å²) >= 11 is 0. The van der Waals surface area contributed by atoms with Gasteiger partial charge in [-0.2, -0.15) is 4.98 Å². The topological polar surface area (TPSA) is 265 Å². The van der Waals surface area contributed by atoms with Crippen molar-refractivity contribution in [2.45, 2.75) is 33.1 Å². The van der Waals surface area contributed by atoms with E-state index in [0.717, 1.165) is 5.70 Å². The van der Waals surface area contributed by atoms with E-state index in [1.54, 1.807) is 44.2 Å². The van der Waals surface area contributed by atoms with Crippen molar-refractivity contribution in [1.82, 2.24) is 41.9 Å². The van der Waals surface area contributed by atoms with Gasteiger partial charge in [0.05, 0.1) is 5.70 Å². The van der Waals surface area contributed by atoms with Gasteiger partial charge >= 0.3 is 30.4 Å². The summed E-state index contributed by atoms with van der Waals surface area (Å²) in [5.41, 5.74) is 3.14. The fourth-order valence-electron chi connectivity index (χ4n) is 5.31. The lowest BCUT2D eigenvalue weighted by atomic mass is 10.3. The van der Waals surface area contributed by atoms with Crippen LogP contribution in [0.15, 0.2) is 135 Å². The molecule has 6 amide bonds. The highest BCUT2D eigenvalue weighted by atomic mass is 16.7. The number of nitrogens with one attached hydrogen (secondary N) is 8. The van der Waals surface area contributed by atoms with Crippen LogP contribution in [0.2, 0.25) is 0 Å². The SMILES string of the molecule is C=C1C=C(C)NC(NC(=O)NC2=CC=C(NC(=O)Oc3cccc(OC(=O)OC4=CC(OC(=O)NC5=CC=C(NC(=O)Nc6nc(=O)cc(C)[nH]6)C5)=CC4)c3)C2)=N1. The molecule has 0 spiro atoms. The van der Waals surface area contributed by atoms with E-state index in [4.69, 9.17) is 18.9 Å². The lowest BCUT2D eigenvalue weighted by Gasteiger charge is -2.16. The van der Waals surface area contributed by atoms with Crippen LogP contribution < -0.4 is 52.3 Å². The number of aromatic amines is 1. The molecule has 0 saturated carbocycles. The lowest BCUT2D eigenvalue weighted by molar-refractivity contribution is 0.125. The number of aromatic nitrogens is 2.